The summed E-state index contributed by atoms with van der Waals surface area (Å²) in [5.74, 6) is 0.337. The van der Waals surface area contributed by atoms with E-state index in [1.165, 1.54) is 14.2 Å². The second-order valence-electron chi connectivity index (χ2n) is 7.10. The predicted octanol–water partition coefficient (Wildman–Crippen LogP) is 1.17. The van der Waals surface area contributed by atoms with Crippen LogP contribution >= 0.6 is 0 Å². The number of fused-ring (bicyclic) bond motifs is 2. The molecule has 2 aliphatic rings. The number of H-pyrrole nitrogens is 1. The molecule has 0 aliphatic carbocycles. The first-order valence-electron chi connectivity index (χ1n) is 9.34. The fraction of sp³-hybridized carbons (Fsp3) is 0.526. The predicted molar refractivity (Wildman–Crippen MR) is 98.0 cm³/mol. The summed E-state index contributed by atoms with van der Waals surface area (Å²) < 4.78 is 15.5. The first kappa shape index (κ1) is 18.5. The topological polar surface area (TPSA) is 101 Å². The minimum absolute atomic E-state index is 0.0380. The van der Waals surface area contributed by atoms with Gasteiger partial charge >= 0.3 is 0 Å². The van der Waals surface area contributed by atoms with Crippen molar-refractivity contribution in [3.8, 4) is 5.95 Å². The molecule has 9 nitrogen and oxygen atoms in total. The number of imidazole rings is 1. The zero-order valence-electron chi connectivity index (χ0n) is 16.1. The highest BCUT2D eigenvalue weighted by atomic mass is 16.6. The number of aromatic nitrogens is 2. The van der Waals surface area contributed by atoms with Crippen molar-refractivity contribution in [1.29, 1.82) is 0 Å². The summed E-state index contributed by atoms with van der Waals surface area (Å²) in [5, 5.41) is 0. The fourth-order valence-electron chi connectivity index (χ4n) is 4.33. The van der Waals surface area contributed by atoms with E-state index in [1.807, 2.05) is 4.90 Å². The van der Waals surface area contributed by atoms with Gasteiger partial charge in [0.15, 0.2) is 5.76 Å². The third kappa shape index (κ3) is 2.95. The Kier molecular flexibility index (Phi) is 4.84. The molecule has 150 valence electrons. The van der Waals surface area contributed by atoms with Gasteiger partial charge in [0.1, 0.15) is 6.61 Å². The molecule has 1 N–H and O–H groups in total. The number of carbonyl (C=O) groups is 2. The summed E-state index contributed by atoms with van der Waals surface area (Å²) in [5.41, 5.74) is 1.47. The van der Waals surface area contributed by atoms with Gasteiger partial charge in [-0.25, -0.2) is 4.98 Å². The summed E-state index contributed by atoms with van der Waals surface area (Å²) in [6.45, 7) is 1.66. The molecule has 0 unspecified atom stereocenters. The number of hydrogen-bond acceptors (Lipinski definition) is 6. The fourth-order valence-corrected chi connectivity index (χ4v) is 4.33. The van der Waals surface area contributed by atoms with Gasteiger partial charge in [-0.05, 0) is 18.9 Å². The van der Waals surface area contributed by atoms with E-state index in [9.17, 15) is 9.59 Å². The summed E-state index contributed by atoms with van der Waals surface area (Å²) in [4.78, 5) is 36.9. The molecule has 9 heteroatoms. The van der Waals surface area contributed by atoms with Crippen molar-refractivity contribution in [2.45, 2.75) is 24.8 Å². The third-order valence-corrected chi connectivity index (χ3v) is 5.70. The largest absolute Gasteiger partial charge is 0.468 e. The quantitative estimate of drug-likeness (QED) is 0.844. The first-order valence-corrected chi connectivity index (χ1v) is 9.34. The highest BCUT2D eigenvalue weighted by Crippen LogP contribution is 2.42. The Bertz CT molecular complexity index is 865. The Labute approximate surface area is 162 Å². The molecule has 1 spiro atoms. The van der Waals surface area contributed by atoms with Crippen LogP contribution in [0.5, 0.6) is 5.95 Å². The van der Waals surface area contributed by atoms with E-state index >= 15 is 0 Å². The van der Waals surface area contributed by atoms with Crippen LogP contribution < -0.4 is 4.74 Å². The van der Waals surface area contributed by atoms with E-state index in [-0.39, 0.29) is 24.2 Å². The van der Waals surface area contributed by atoms with Crippen molar-refractivity contribution in [2.24, 2.45) is 0 Å². The van der Waals surface area contributed by atoms with Gasteiger partial charge in [0.2, 0.25) is 5.91 Å². The number of piperidine rings is 1. The van der Waals surface area contributed by atoms with Crippen LogP contribution in [0.1, 0.15) is 34.8 Å². The molecule has 4 heterocycles. The Morgan fingerprint density at radius 3 is 2.71 bits per heavy atom. The van der Waals surface area contributed by atoms with Crippen LogP contribution in [0.15, 0.2) is 22.9 Å². The van der Waals surface area contributed by atoms with E-state index in [1.54, 1.807) is 23.4 Å². The second kappa shape index (κ2) is 7.31. The van der Waals surface area contributed by atoms with Crippen molar-refractivity contribution in [1.82, 2.24) is 19.8 Å². The van der Waals surface area contributed by atoms with E-state index < -0.39 is 5.54 Å². The van der Waals surface area contributed by atoms with Crippen LogP contribution in [0.4, 0.5) is 0 Å². The van der Waals surface area contributed by atoms with E-state index in [0.717, 1.165) is 17.8 Å². The van der Waals surface area contributed by atoms with E-state index in [2.05, 4.69) is 9.97 Å². The molecule has 2 aromatic rings. The van der Waals surface area contributed by atoms with E-state index in [4.69, 9.17) is 13.9 Å². The van der Waals surface area contributed by atoms with Crippen LogP contribution in [0.2, 0.25) is 0 Å². The number of likely N-dealkylation sites (tertiary alicyclic amines) is 1. The third-order valence-electron chi connectivity index (χ3n) is 5.70. The zero-order chi connectivity index (χ0) is 19.7. The zero-order valence-corrected chi connectivity index (χ0v) is 16.1. The normalized spacial score (nSPS) is 18.2. The average molecular weight is 388 g/mol. The van der Waals surface area contributed by atoms with Gasteiger partial charge in [0.05, 0.1) is 24.7 Å². The molecule has 28 heavy (non-hydrogen) atoms. The van der Waals surface area contributed by atoms with Crippen molar-refractivity contribution < 1.29 is 23.5 Å². The molecule has 0 aromatic carbocycles. The highest BCUT2D eigenvalue weighted by Gasteiger charge is 2.49. The Morgan fingerprint density at radius 2 is 2.04 bits per heavy atom. The van der Waals surface area contributed by atoms with Crippen molar-refractivity contribution in [3.63, 3.8) is 0 Å². The maximum absolute atomic E-state index is 12.8. The van der Waals surface area contributed by atoms with Crippen LogP contribution in [-0.2, 0) is 21.5 Å². The minimum atomic E-state index is -0.513. The van der Waals surface area contributed by atoms with E-state index in [0.29, 0.717) is 38.4 Å². The lowest BCUT2D eigenvalue weighted by Crippen LogP contribution is -2.59. The molecule has 0 saturated carbocycles. The number of nitrogens with one attached hydrogen (secondary N) is 1. The number of furan rings is 1. The Hall–Kier alpha value is -2.81. The van der Waals surface area contributed by atoms with Crippen LogP contribution in [0, 0.1) is 0 Å². The SMILES string of the molecule is COCC(=O)N1CCc2[nH]cnc2C12CCN(C(=O)c1ccc(OC)o1)CC2. The molecule has 0 atom stereocenters. The number of amides is 2. The number of rotatable bonds is 4. The molecular formula is C19H24N4O5. The van der Waals surface area contributed by atoms with Crippen LogP contribution in [0.3, 0.4) is 0 Å². The van der Waals surface area contributed by atoms with Gasteiger partial charge in [0.25, 0.3) is 11.9 Å². The first-order chi connectivity index (χ1) is 13.6. The summed E-state index contributed by atoms with van der Waals surface area (Å²) >= 11 is 0. The smallest absolute Gasteiger partial charge is 0.289 e. The summed E-state index contributed by atoms with van der Waals surface area (Å²) in [7, 11) is 3.02. The van der Waals surface area contributed by atoms with Crippen LogP contribution in [0.25, 0.3) is 0 Å². The molecule has 4 rings (SSSR count). The lowest BCUT2D eigenvalue weighted by Gasteiger charge is -2.50. The number of nitrogens with zero attached hydrogens (tertiary/aromatic N) is 3. The van der Waals surface area contributed by atoms with Gasteiger partial charge in [-0.3, -0.25) is 9.59 Å². The number of ether oxygens (including phenoxy) is 2. The average Bonchev–Trinajstić information content (AvgIpc) is 3.38. The number of methoxy groups -OCH3 is 2. The molecule has 1 fully saturated rings. The second-order valence-corrected chi connectivity index (χ2v) is 7.10. The van der Waals surface area contributed by atoms with Crippen molar-refractivity contribution in [3.05, 3.63) is 35.6 Å². The molecule has 0 radical (unpaired) electrons. The molecule has 2 aromatic heterocycles. The lowest BCUT2D eigenvalue weighted by atomic mass is 9.78. The number of carbonyl (C=O) groups excluding carboxylic acids is 2. The molecule has 2 aliphatic heterocycles. The Balaban J connectivity index is 1.56. The standard InChI is InChI=1S/C19H24N4O5/c1-26-11-15(24)23-8-5-13-17(21-12-20-13)19(23)6-9-22(10-7-19)18(25)14-3-4-16(27-2)28-14/h3-4,12H,5-11H2,1-2H3,(H,20,21). The van der Waals surface area contributed by atoms with Gasteiger partial charge in [-0.2, -0.15) is 0 Å². The van der Waals surface area contributed by atoms with Gasteiger partial charge in [0, 0.05) is 44.9 Å². The van der Waals surface area contributed by atoms with Crippen molar-refractivity contribution >= 4 is 11.8 Å². The van der Waals surface area contributed by atoms with Crippen LogP contribution in [-0.4, -0.2) is 72.0 Å². The monoisotopic (exact) mass is 388 g/mol. The van der Waals surface area contributed by atoms with Crippen molar-refractivity contribution in [2.75, 3.05) is 40.5 Å². The number of aromatic amines is 1. The maximum atomic E-state index is 12.8. The molecule has 1 saturated heterocycles. The van der Waals surface area contributed by atoms with Gasteiger partial charge in [-0.1, -0.05) is 0 Å². The maximum Gasteiger partial charge on any atom is 0.289 e. The highest BCUT2D eigenvalue weighted by molar-refractivity contribution is 5.91. The van der Waals surface area contributed by atoms with Gasteiger partial charge in [-0.15, -0.1) is 0 Å². The number of hydrogen-bond donors (Lipinski definition) is 1. The molecular weight excluding hydrogens is 364 g/mol. The molecule has 0 bridgehead atoms. The molecule has 2 amide bonds. The lowest BCUT2D eigenvalue weighted by molar-refractivity contribution is -0.145. The van der Waals surface area contributed by atoms with Gasteiger partial charge < -0.3 is 28.7 Å². The Morgan fingerprint density at radius 1 is 1.25 bits per heavy atom. The summed E-state index contributed by atoms with van der Waals surface area (Å²) in [6.07, 6.45) is 3.65. The minimum Gasteiger partial charge on any atom is -0.468 e. The summed E-state index contributed by atoms with van der Waals surface area (Å²) in [6, 6.07) is 3.24.